The highest BCUT2D eigenvalue weighted by atomic mass is 15.0. The van der Waals surface area contributed by atoms with Gasteiger partial charge in [0.25, 0.3) is 0 Å². The zero-order valence-electron chi connectivity index (χ0n) is 8.09. The van der Waals surface area contributed by atoms with Gasteiger partial charge in [0.05, 0.1) is 11.0 Å². The molecule has 0 atom stereocenters. The zero-order valence-corrected chi connectivity index (χ0v) is 8.09. The minimum atomic E-state index is 0.973. The third-order valence-corrected chi connectivity index (χ3v) is 2.41. The second-order valence-electron chi connectivity index (χ2n) is 3.37. The molecule has 0 saturated heterocycles. The zero-order chi connectivity index (χ0) is 10.1. The fraction of sp³-hybridized carbons (Fsp3) is 0. The molecule has 0 bridgehead atoms. The number of rotatable bonds is 1. The van der Waals surface area contributed by atoms with E-state index in [4.69, 9.17) is 0 Å². The number of hydrogen-bond donors (Lipinski definition) is 0. The molecular formula is C13H9N2. The SMILES string of the molecule is [c]1nc2ccccc2n1-c1ccccc1. The van der Waals surface area contributed by atoms with Gasteiger partial charge in [-0.15, -0.1) is 0 Å². The standard InChI is InChI=1S/C13H9N2/c1-2-6-11(7-3-1)15-10-14-12-8-4-5-9-13(12)15/h1-9H. The predicted octanol–water partition coefficient (Wildman–Crippen LogP) is 2.83. The van der Waals surface area contributed by atoms with Crippen LogP contribution in [-0.4, -0.2) is 9.55 Å². The second kappa shape index (κ2) is 3.24. The summed E-state index contributed by atoms with van der Waals surface area (Å²) in [6.45, 7) is 0. The summed E-state index contributed by atoms with van der Waals surface area (Å²) in [6, 6.07) is 18.2. The lowest BCUT2D eigenvalue weighted by molar-refractivity contribution is 1.08. The van der Waals surface area contributed by atoms with Crippen molar-refractivity contribution in [1.29, 1.82) is 0 Å². The van der Waals surface area contributed by atoms with E-state index >= 15 is 0 Å². The summed E-state index contributed by atoms with van der Waals surface area (Å²) in [5.74, 6) is 0. The lowest BCUT2D eigenvalue weighted by Gasteiger charge is -2.01. The number of para-hydroxylation sites is 3. The maximum atomic E-state index is 4.23. The van der Waals surface area contributed by atoms with Gasteiger partial charge in [-0.3, -0.25) is 4.57 Å². The van der Waals surface area contributed by atoms with Crippen molar-refractivity contribution >= 4 is 11.0 Å². The number of fused-ring (bicyclic) bond motifs is 1. The number of imidazole rings is 1. The Morgan fingerprint density at radius 2 is 1.60 bits per heavy atom. The average Bonchev–Trinajstić information content (AvgIpc) is 2.74. The smallest absolute Gasteiger partial charge is 0.182 e. The summed E-state index contributed by atoms with van der Waals surface area (Å²) in [6.07, 6.45) is 3.00. The van der Waals surface area contributed by atoms with E-state index in [0.29, 0.717) is 0 Å². The Kier molecular flexibility index (Phi) is 1.78. The minimum Gasteiger partial charge on any atom is -0.290 e. The first kappa shape index (κ1) is 8.24. The molecule has 1 aromatic heterocycles. The van der Waals surface area contributed by atoms with Crippen molar-refractivity contribution in [2.75, 3.05) is 0 Å². The van der Waals surface area contributed by atoms with Gasteiger partial charge in [0.2, 0.25) is 0 Å². The van der Waals surface area contributed by atoms with Gasteiger partial charge in [0.1, 0.15) is 0 Å². The van der Waals surface area contributed by atoms with Crippen LogP contribution >= 0.6 is 0 Å². The number of hydrogen-bond acceptors (Lipinski definition) is 1. The molecule has 0 aliphatic carbocycles. The first-order chi connectivity index (χ1) is 7.45. The third-order valence-electron chi connectivity index (χ3n) is 2.41. The van der Waals surface area contributed by atoms with Crippen molar-refractivity contribution in [1.82, 2.24) is 9.55 Å². The van der Waals surface area contributed by atoms with Crippen LogP contribution in [0.4, 0.5) is 0 Å². The van der Waals surface area contributed by atoms with Gasteiger partial charge >= 0.3 is 0 Å². The summed E-state index contributed by atoms with van der Waals surface area (Å²) in [5.41, 5.74) is 3.15. The molecule has 1 heterocycles. The van der Waals surface area contributed by atoms with E-state index in [1.807, 2.05) is 59.2 Å². The van der Waals surface area contributed by atoms with Crippen molar-refractivity contribution in [3.8, 4) is 5.69 Å². The van der Waals surface area contributed by atoms with Gasteiger partial charge in [-0.2, -0.15) is 0 Å². The molecular weight excluding hydrogens is 184 g/mol. The summed E-state index contributed by atoms with van der Waals surface area (Å²) >= 11 is 0. The fourth-order valence-corrected chi connectivity index (χ4v) is 1.68. The Hall–Kier alpha value is -2.09. The lowest BCUT2D eigenvalue weighted by Crippen LogP contribution is -1.90. The van der Waals surface area contributed by atoms with E-state index in [0.717, 1.165) is 16.7 Å². The Bertz CT molecular complexity index is 582. The van der Waals surface area contributed by atoms with Gasteiger partial charge in [0, 0.05) is 5.69 Å². The molecule has 2 aromatic carbocycles. The maximum Gasteiger partial charge on any atom is 0.182 e. The Balaban J connectivity index is 2.28. The molecule has 3 aromatic rings. The monoisotopic (exact) mass is 193 g/mol. The van der Waals surface area contributed by atoms with Crippen LogP contribution in [0.1, 0.15) is 0 Å². The van der Waals surface area contributed by atoms with Crippen LogP contribution in [0.5, 0.6) is 0 Å². The molecule has 71 valence electrons. The highest BCUT2D eigenvalue weighted by molar-refractivity contribution is 5.76. The summed E-state index contributed by atoms with van der Waals surface area (Å²) in [7, 11) is 0. The van der Waals surface area contributed by atoms with Crippen LogP contribution in [0.3, 0.4) is 0 Å². The van der Waals surface area contributed by atoms with Crippen molar-refractivity contribution in [2.24, 2.45) is 0 Å². The van der Waals surface area contributed by atoms with E-state index < -0.39 is 0 Å². The highest BCUT2D eigenvalue weighted by Crippen LogP contribution is 2.16. The fourth-order valence-electron chi connectivity index (χ4n) is 1.68. The number of nitrogens with zero attached hydrogens (tertiary/aromatic N) is 2. The van der Waals surface area contributed by atoms with Crippen LogP contribution in [0, 0.1) is 6.33 Å². The summed E-state index contributed by atoms with van der Waals surface area (Å²) < 4.78 is 1.97. The summed E-state index contributed by atoms with van der Waals surface area (Å²) in [5, 5.41) is 0. The first-order valence-corrected chi connectivity index (χ1v) is 4.86. The molecule has 3 rings (SSSR count). The average molecular weight is 193 g/mol. The summed E-state index contributed by atoms with van der Waals surface area (Å²) in [4.78, 5) is 4.23. The highest BCUT2D eigenvalue weighted by Gasteiger charge is 2.02. The molecule has 0 unspecified atom stereocenters. The van der Waals surface area contributed by atoms with Crippen molar-refractivity contribution in [2.45, 2.75) is 0 Å². The number of benzene rings is 2. The van der Waals surface area contributed by atoms with E-state index in [2.05, 4.69) is 11.3 Å². The molecule has 0 saturated carbocycles. The quantitative estimate of drug-likeness (QED) is 0.581. The molecule has 2 nitrogen and oxygen atoms in total. The van der Waals surface area contributed by atoms with E-state index in [1.165, 1.54) is 0 Å². The van der Waals surface area contributed by atoms with E-state index in [9.17, 15) is 0 Å². The topological polar surface area (TPSA) is 17.8 Å². The molecule has 0 N–H and O–H groups in total. The van der Waals surface area contributed by atoms with Gasteiger partial charge in [-0.1, -0.05) is 30.3 Å². The van der Waals surface area contributed by atoms with Gasteiger partial charge in [-0.25, -0.2) is 4.98 Å². The molecule has 2 heteroatoms. The largest absolute Gasteiger partial charge is 0.290 e. The van der Waals surface area contributed by atoms with E-state index in [1.54, 1.807) is 0 Å². The van der Waals surface area contributed by atoms with Crippen LogP contribution < -0.4 is 0 Å². The Labute approximate surface area is 87.8 Å². The van der Waals surface area contributed by atoms with Crippen molar-refractivity contribution in [3.63, 3.8) is 0 Å². The lowest BCUT2D eigenvalue weighted by atomic mass is 10.3. The number of aromatic nitrogens is 2. The maximum absolute atomic E-state index is 4.23. The van der Waals surface area contributed by atoms with Crippen molar-refractivity contribution < 1.29 is 0 Å². The molecule has 0 fully saturated rings. The first-order valence-electron chi connectivity index (χ1n) is 4.86. The predicted molar refractivity (Wildman–Crippen MR) is 59.9 cm³/mol. The van der Waals surface area contributed by atoms with Crippen LogP contribution in [0.15, 0.2) is 54.6 Å². The Morgan fingerprint density at radius 1 is 0.867 bits per heavy atom. The molecule has 0 aliphatic heterocycles. The van der Waals surface area contributed by atoms with E-state index in [-0.39, 0.29) is 0 Å². The van der Waals surface area contributed by atoms with Crippen LogP contribution in [0.2, 0.25) is 0 Å². The van der Waals surface area contributed by atoms with Gasteiger partial charge in [0.15, 0.2) is 6.33 Å². The molecule has 0 aliphatic rings. The normalized spacial score (nSPS) is 10.7. The molecule has 0 amide bonds. The minimum absolute atomic E-state index is 0.973. The molecule has 1 radical (unpaired) electrons. The van der Waals surface area contributed by atoms with Crippen LogP contribution in [-0.2, 0) is 0 Å². The second-order valence-corrected chi connectivity index (χ2v) is 3.37. The molecule has 15 heavy (non-hydrogen) atoms. The van der Waals surface area contributed by atoms with Crippen molar-refractivity contribution in [3.05, 3.63) is 60.9 Å². The molecule has 0 spiro atoms. The van der Waals surface area contributed by atoms with Crippen LogP contribution in [0.25, 0.3) is 16.7 Å². The van der Waals surface area contributed by atoms with Gasteiger partial charge in [-0.05, 0) is 24.3 Å². The third kappa shape index (κ3) is 1.31. The Morgan fingerprint density at radius 3 is 2.47 bits per heavy atom. The van der Waals surface area contributed by atoms with Gasteiger partial charge < -0.3 is 0 Å².